The Morgan fingerprint density at radius 2 is 1.96 bits per heavy atom. The Bertz CT molecular complexity index is 748. The molecule has 6 heteroatoms. The van der Waals surface area contributed by atoms with Gasteiger partial charge in [-0.15, -0.1) is 0 Å². The van der Waals surface area contributed by atoms with Crippen molar-refractivity contribution in [3.8, 4) is 0 Å². The van der Waals surface area contributed by atoms with E-state index >= 15 is 0 Å². The van der Waals surface area contributed by atoms with Crippen LogP contribution in [0.5, 0.6) is 0 Å². The zero-order valence-corrected chi connectivity index (χ0v) is 13.7. The largest absolute Gasteiger partial charge is 0.381 e. The molecule has 0 bridgehead atoms. The number of fused-ring (bicyclic) bond motifs is 1. The van der Waals surface area contributed by atoms with E-state index in [2.05, 4.69) is 10.6 Å². The number of hydrogen-bond donors (Lipinski definition) is 2. The number of benzene rings is 1. The molecule has 4 rings (SSSR count). The van der Waals surface area contributed by atoms with Gasteiger partial charge in [0, 0.05) is 25.5 Å². The molecule has 1 fully saturated rings. The molecule has 1 atom stereocenters. The van der Waals surface area contributed by atoms with Crippen molar-refractivity contribution in [2.45, 2.75) is 25.0 Å². The van der Waals surface area contributed by atoms with Gasteiger partial charge < -0.3 is 20.3 Å². The lowest BCUT2D eigenvalue weighted by atomic mass is 10.1. The number of nitrogens with one attached hydrogen (secondary N) is 2. The zero-order valence-electron chi connectivity index (χ0n) is 13.7. The van der Waals surface area contributed by atoms with Crippen LogP contribution in [0.25, 0.3) is 5.70 Å². The average molecular weight is 341 g/mol. The minimum absolute atomic E-state index is 0.0681. The molecule has 3 heterocycles. The molecule has 3 aliphatic heterocycles. The van der Waals surface area contributed by atoms with Crippen molar-refractivity contribution in [1.29, 1.82) is 0 Å². The van der Waals surface area contributed by atoms with E-state index < -0.39 is 6.17 Å². The third-order valence-corrected chi connectivity index (χ3v) is 4.65. The number of carbonyl (C=O) groups is 1. The number of halogens is 1. The number of allylic oxidation sites excluding steroid dienone is 3. The molecule has 130 valence electrons. The highest BCUT2D eigenvalue weighted by Gasteiger charge is 2.36. The molecule has 1 saturated heterocycles. The second kappa shape index (κ2) is 6.72. The maximum Gasteiger partial charge on any atom is 0.264 e. The highest BCUT2D eigenvalue weighted by atomic mass is 19.1. The van der Waals surface area contributed by atoms with Crippen molar-refractivity contribution in [2.75, 3.05) is 13.2 Å². The van der Waals surface area contributed by atoms with Gasteiger partial charge in [0.05, 0.1) is 11.4 Å². The smallest absolute Gasteiger partial charge is 0.264 e. The SMILES string of the molecule is O=C(NC1CCOCC1)C1NC(c2ccc(F)cc2)=C2C=CC=CN21. The summed E-state index contributed by atoms with van der Waals surface area (Å²) in [7, 11) is 0. The molecule has 0 radical (unpaired) electrons. The highest BCUT2D eigenvalue weighted by molar-refractivity contribution is 5.87. The number of carbonyl (C=O) groups excluding carboxylic acids is 1. The second-order valence-electron chi connectivity index (χ2n) is 6.32. The molecule has 0 saturated carbocycles. The molecule has 0 aromatic heterocycles. The lowest BCUT2D eigenvalue weighted by Gasteiger charge is -2.28. The van der Waals surface area contributed by atoms with E-state index in [-0.39, 0.29) is 17.8 Å². The van der Waals surface area contributed by atoms with Gasteiger partial charge >= 0.3 is 0 Å². The third-order valence-electron chi connectivity index (χ3n) is 4.65. The average Bonchev–Trinajstić information content (AvgIpc) is 3.03. The highest BCUT2D eigenvalue weighted by Crippen LogP contribution is 2.31. The van der Waals surface area contributed by atoms with Crippen molar-refractivity contribution in [3.63, 3.8) is 0 Å². The summed E-state index contributed by atoms with van der Waals surface area (Å²) < 4.78 is 18.6. The second-order valence-corrected chi connectivity index (χ2v) is 6.32. The molecule has 2 N–H and O–H groups in total. The Labute approximate surface area is 145 Å². The molecule has 5 nitrogen and oxygen atoms in total. The Hall–Kier alpha value is -2.60. The van der Waals surface area contributed by atoms with Crippen LogP contribution < -0.4 is 10.6 Å². The van der Waals surface area contributed by atoms with Gasteiger partial charge in [-0.3, -0.25) is 4.79 Å². The van der Waals surface area contributed by atoms with E-state index in [1.807, 2.05) is 29.3 Å². The van der Waals surface area contributed by atoms with Crippen molar-refractivity contribution in [1.82, 2.24) is 15.5 Å². The summed E-state index contributed by atoms with van der Waals surface area (Å²) in [6.07, 6.45) is 8.81. The van der Waals surface area contributed by atoms with E-state index in [1.54, 1.807) is 12.1 Å². The first-order valence-electron chi connectivity index (χ1n) is 8.50. The molecule has 0 spiro atoms. The molecule has 1 aromatic carbocycles. The Balaban J connectivity index is 1.55. The standard InChI is InChI=1S/C19H20FN3O2/c20-14-6-4-13(5-7-14)17-16-3-1-2-10-23(16)18(22-17)19(24)21-15-8-11-25-12-9-15/h1-7,10,15,18,22H,8-9,11-12H2,(H,21,24). The van der Waals surface area contributed by atoms with Crippen LogP contribution in [0.4, 0.5) is 4.39 Å². The number of hydrogen-bond acceptors (Lipinski definition) is 4. The van der Waals surface area contributed by atoms with Crippen molar-refractivity contribution < 1.29 is 13.9 Å². The van der Waals surface area contributed by atoms with Gasteiger partial charge in [-0.05, 0) is 54.8 Å². The van der Waals surface area contributed by atoms with E-state index in [9.17, 15) is 9.18 Å². The van der Waals surface area contributed by atoms with Gasteiger partial charge in [-0.1, -0.05) is 6.08 Å². The molecule has 1 unspecified atom stereocenters. The van der Waals surface area contributed by atoms with Gasteiger partial charge in [-0.2, -0.15) is 0 Å². The first-order valence-corrected chi connectivity index (χ1v) is 8.50. The molecular weight excluding hydrogens is 321 g/mol. The number of rotatable bonds is 3. The Morgan fingerprint density at radius 1 is 1.20 bits per heavy atom. The van der Waals surface area contributed by atoms with Crippen molar-refractivity contribution in [2.24, 2.45) is 0 Å². The van der Waals surface area contributed by atoms with Crippen LogP contribution in [0.2, 0.25) is 0 Å². The fraction of sp³-hybridized carbons (Fsp3) is 0.316. The first kappa shape index (κ1) is 15.9. The number of amides is 1. The molecule has 0 aliphatic carbocycles. The molecular formula is C19H20FN3O2. The van der Waals surface area contributed by atoms with Crippen LogP contribution in [0.15, 0.2) is 54.4 Å². The minimum Gasteiger partial charge on any atom is -0.381 e. The fourth-order valence-electron chi connectivity index (χ4n) is 3.33. The Morgan fingerprint density at radius 3 is 2.72 bits per heavy atom. The van der Waals surface area contributed by atoms with Crippen LogP contribution in [0.1, 0.15) is 18.4 Å². The summed E-state index contributed by atoms with van der Waals surface area (Å²) in [5.74, 6) is -0.349. The summed E-state index contributed by atoms with van der Waals surface area (Å²) in [5.41, 5.74) is 2.58. The monoisotopic (exact) mass is 341 g/mol. The summed E-state index contributed by atoms with van der Waals surface area (Å²) in [6.45, 7) is 1.36. The van der Waals surface area contributed by atoms with Gasteiger partial charge in [0.2, 0.25) is 0 Å². The van der Waals surface area contributed by atoms with Crippen LogP contribution in [0.3, 0.4) is 0 Å². The van der Waals surface area contributed by atoms with Gasteiger partial charge in [-0.25, -0.2) is 4.39 Å². The third kappa shape index (κ3) is 3.17. The van der Waals surface area contributed by atoms with Gasteiger partial charge in [0.1, 0.15) is 5.82 Å². The van der Waals surface area contributed by atoms with E-state index in [0.717, 1.165) is 29.8 Å². The topological polar surface area (TPSA) is 53.6 Å². The maximum absolute atomic E-state index is 13.2. The quantitative estimate of drug-likeness (QED) is 0.884. The predicted molar refractivity (Wildman–Crippen MR) is 92.3 cm³/mol. The predicted octanol–water partition coefficient (Wildman–Crippen LogP) is 2.10. The van der Waals surface area contributed by atoms with Crippen molar-refractivity contribution >= 4 is 11.6 Å². The zero-order chi connectivity index (χ0) is 17.2. The van der Waals surface area contributed by atoms with Crippen LogP contribution in [-0.2, 0) is 9.53 Å². The molecule has 1 amide bonds. The number of ether oxygens (including phenoxy) is 1. The van der Waals surface area contributed by atoms with E-state index in [0.29, 0.717) is 13.2 Å². The normalized spacial score (nSPS) is 22.8. The Kier molecular flexibility index (Phi) is 4.28. The summed E-state index contributed by atoms with van der Waals surface area (Å²) >= 11 is 0. The van der Waals surface area contributed by atoms with Crippen molar-refractivity contribution in [3.05, 3.63) is 65.8 Å². The lowest BCUT2D eigenvalue weighted by molar-refractivity contribution is -0.126. The number of nitrogens with zero attached hydrogens (tertiary/aromatic N) is 1. The summed E-state index contributed by atoms with van der Waals surface area (Å²) in [5, 5.41) is 6.40. The molecule has 1 aromatic rings. The minimum atomic E-state index is -0.515. The molecule has 3 aliphatic rings. The van der Waals surface area contributed by atoms with Gasteiger partial charge in [0.15, 0.2) is 6.17 Å². The summed E-state index contributed by atoms with van der Waals surface area (Å²) in [4.78, 5) is 14.7. The summed E-state index contributed by atoms with van der Waals surface area (Å²) in [6, 6.07) is 6.42. The molecule has 25 heavy (non-hydrogen) atoms. The fourth-order valence-corrected chi connectivity index (χ4v) is 3.33. The van der Waals surface area contributed by atoms with Crippen LogP contribution in [-0.4, -0.2) is 36.2 Å². The van der Waals surface area contributed by atoms with Crippen LogP contribution in [0, 0.1) is 5.82 Å². The van der Waals surface area contributed by atoms with Gasteiger partial charge in [0.25, 0.3) is 5.91 Å². The van der Waals surface area contributed by atoms with E-state index in [4.69, 9.17) is 4.74 Å². The lowest BCUT2D eigenvalue weighted by Crippen LogP contribution is -2.51. The maximum atomic E-state index is 13.2. The van der Waals surface area contributed by atoms with Crippen LogP contribution >= 0.6 is 0 Å². The first-order chi connectivity index (χ1) is 12.2. The van der Waals surface area contributed by atoms with E-state index in [1.165, 1.54) is 12.1 Å².